The highest BCUT2D eigenvalue weighted by atomic mass is 32.2. The minimum absolute atomic E-state index is 0.198. The van der Waals surface area contributed by atoms with E-state index < -0.39 is 32.2 Å². The van der Waals surface area contributed by atoms with E-state index in [-0.39, 0.29) is 32.1 Å². The molecular weight excluding hydrogens is 398 g/mol. The molecule has 1 aliphatic heterocycles. The van der Waals surface area contributed by atoms with Gasteiger partial charge in [-0.1, -0.05) is 12.1 Å². The molecule has 0 aliphatic carbocycles. The Bertz CT molecular complexity index is 864. The van der Waals surface area contributed by atoms with Crippen molar-refractivity contribution in [2.24, 2.45) is 5.92 Å². The topological polar surface area (TPSA) is 116 Å². The average Bonchev–Trinajstić information content (AvgIpc) is 2.86. The van der Waals surface area contributed by atoms with E-state index in [0.29, 0.717) is 5.75 Å². The molecule has 1 heterocycles. The number of hydrogen-bond donors (Lipinski definition) is 0. The zero-order valence-corrected chi connectivity index (χ0v) is 17.0. The summed E-state index contributed by atoms with van der Waals surface area (Å²) in [5.74, 6) is -0.328. The van der Waals surface area contributed by atoms with Crippen molar-refractivity contribution in [1.82, 2.24) is 4.90 Å². The first-order valence-electron chi connectivity index (χ1n) is 8.10. The molecule has 0 unspecified atom stereocenters. The Kier molecular flexibility index (Phi) is 6.84. The number of nitrogens with zero attached hydrogens (tertiary/aromatic N) is 1. The van der Waals surface area contributed by atoms with Crippen LogP contribution in [0.3, 0.4) is 0 Å². The van der Waals surface area contributed by atoms with Gasteiger partial charge in [0.15, 0.2) is 0 Å². The van der Waals surface area contributed by atoms with E-state index in [4.69, 9.17) is 13.1 Å². The van der Waals surface area contributed by atoms with E-state index >= 15 is 0 Å². The third-order valence-corrected chi connectivity index (χ3v) is 5.23. The Balaban J connectivity index is 2.15. The second-order valence-corrected chi connectivity index (χ2v) is 9.67. The quantitative estimate of drug-likeness (QED) is 0.525. The smallest absolute Gasteiger partial charge is 0.264 e. The molecule has 1 aliphatic rings. The van der Waals surface area contributed by atoms with Gasteiger partial charge in [-0.3, -0.25) is 13.2 Å². The van der Waals surface area contributed by atoms with Crippen molar-refractivity contribution in [1.29, 1.82) is 0 Å². The lowest BCUT2D eigenvalue weighted by molar-refractivity contribution is -0.133. The number of amides is 1. The molecule has 11 heteroatoms. The zero-order valence-electron chi connectivity index (χ0n) is 15.3. The second kappa shape index (κ2) is 8.55. The molecule has 1 amide bonds. The molecule has 2 rings (SSSR count). The average molecular weight is 421 g/mol. The fraction of sp³-hybridized carbons (Fsp3) is 0.562. The zero-order chi connectivity index (χ0) is 20.2. The predicted molar refractivity (Wildman–Crippen MR) is 97.0 cm³/mol. The standard InChI is InChI=1S/C16H23NO8S2/c1-23-15-6-4-12(5-7-15)9-17-14(11-25-27(3,21)22)8-13(16(17)18)10-24-26(2,19)20/h4-7,13-14H,8-11H2,1-3H3/t13-,14+/m0/s1. The van der Waals surface area contributed by atoms with Gasteiger partial charge < -0.3 is 9.64 Å². The van der Waals surface area contributed by atoms with Gasteiger partial charge in [0.1, 0.15) is 5.75 Å². The molecule has 0 aromatic heterocycles. The summed E-state index contributed by atoms with van der Waals surface area (Å²) < 4.78 is 59.7. The van der Waals surface area contributed by atoms with E-state index in [0.717, 1.165) is 18.1 Å². The van der Waals surface area contributed by atoms with Gasteiger partial charge in [-0.25, -0.2) is 0 Å². The van der Waals surface area contributed by atoms with Gasteiger partial charge >= 0.3 is 0 Å². The molecule has 0 saturated carbocycles. The molecule has 2 atom stereocenters. The fourth-order valence-corrected chi connectivity index (χ4v) is 3.63. The van der Waals surface area contributed by atoms with Crippen LogP contribution in [0.1, 0.15) is 12.0 Å². The van der Waals surface area contributed by atoms with Crippen LogP contribution in [-0.4, -0.2) is 66.5 Å². The first kappa shape index (κ1) is 21.6. The van der Waals surface area contributed by atoms with Crippen molar-refractivity contribution in [3.63, 3.8) is 0 Å². The Labute approximate surface area is 159 Å². The number of ether oxygens (including phenoxy) is 1. The summed E-state index contributed by atoms with van der Waals surface area (Å²) in [5, 5.41) is 0. The second-order valence-electron chi connectivity index (χ2n) is 6.38. The molecule has 0 bridgehead atoms. The van der Waals surface area contributed by atoms with Crippen LogP contribution in [0.15, 0.2) is 24.3 Å². The van der Waals surface area contributed by atoms with Crippen LogP contribution in [0.5, 0.6) is 5.75 Å². The van der Waals surface area contributed by atoms with E-state index in [1.807, 2.05) is 0 Å². The maximum Gasteiger partial charge on any atom is 0.264 e. The van der Waals surface area contributed by atoms with Crippen molar-refractivity contribution < 1.29 is 34.7 Å². The van der Waals surface area contributed by atoms with Gasteiger partial charge in [0.2, 0.25) is 5.91 Å². The lowest BCUT2D eigenvalue weighted by atomic mass is 10.1. The number of carbonyl (C=O) groups is 1. The minimum Gasteiger partial charge on any atom is -0.497 e. The molecule has 9 nitrogen and oxygen atoms in total. The van der Waals surface area contributed by atoms with Crippen LogP contribution in [0.4, 0.5) is 0 Å². The summed E-state index contributed by atoms with van der Waals surface area (Å²) in [6.07, 6.45) is 2.08. The molecule has 0 radical (unpaired) electrons. The SMILES string of the molecule is COc1ccc(CN2C(=O)[C@H](COS(C)(=O)=O)C[C@@H]2COS(C)(=O)=O)cc1. The summed E-state index contributed by atoms with van der Waals surface area (Å²) in [4.78, 5) is 14.2. The monoisotopic (exact) mass is 421 g/mol. The highest BCUT2D eigenvalue weighted by Gasteiger charge is 2.40. The van der Waals surface area contributed by atoms with Gasteiger partial charge in [-0.2, -0.15) is 16.8 Å². The van der Waals surface area contributed by atoms with Crippen LogP contribution in [0.25, 0.3) is 0 Å². The lowest BCUT2D eigenvalue weighted by Crippen LogP contribution is -2.37. The number of hydrogen-bond acceptors (Lipinski definition) is 8. The Morgan fingerprint density at radius 1 is 1.00 bits per heavy atom. The first-order chi connectivity index (χ1) is 12.5. The number of rotatable bonds is 9. The molecule has 1 fully saturated rings. The molecule has 1 saturated heterocycles. The maximum atomic E-state index is 12.7. The van der Waals surface area contributed by atoms with Crippen LogP contribution < -0.4 is 4.74 Å². The number of carbonyl (C=O) groups excluding carboxylic acids is 1. The van der Waals surface area contributed by atoms with Gasteiger partial charge in [-0.05, 0) is 24.1 Å². The molecule has 0 N–H and O–H groups in total. The molecule has 1 aromatic rings. The van der Waals surface area contributed by atoms with Gasteiger partial charge in [0.05, 0.1) is 44.8 Å². The van der Waals surface area contributed by atoms with E-state index in [1.165, 1.54) is 4.90 Å². The highest BCUT2D eigenvalue weighted by molar-refractivity contribution is 7.86. The van der Waals surface area contributed by atoms with Crippen LogP contribution in [0, 0.1) is 5.92 Å². The fourth-order valence-electron chi connectivity index (χ4n) is 2.81. The van der Waals surface area contributed by atoms with E-state index in [9.17, 15) is 21.6 Å². The van der Waals surface area contributed by atoms with Crippen molar-refractivity contribution in [2.45, 2.75) is 19.0 Å². The lowest BCUT2D eigenvalue weighted by Gasteiger charge is -2.24. The normalized spacial score (nSPS) is 20.9. The van der Waals surface area contributed by atoms with Gasteiger partial charge in [0, 0.05) is 6.54 Å². The number of benzene rings is 1. The van der Waals surface area contributed by atoms with Crippen molar-refractivity contribution >= 4 is 26.1 Å². The Hall–Kier alpha value is -1.69. The van der Waals surface area contributed by atoms with Crippen LogP contribution >= 0.6 is 0 Å². The van der Waals surface area contributed by atoms with Crippen LogP contribution in [-0.2, 0) is 39.9 Å². The molecule has 27 heavy (non-hydrogen) atoms. The highest BCUT2D eigenvalue weighted by Crippen LogP contribution is 2.28. The third kappa shape index (κ3) is 6.76. The first-order valence-corrected chi connectivity index (χ1v) is 11.7. The molecule has 1 aromatic carbocycles. The third-order valence-electron chi connectivity index (χ3n) is 4.10. The maximum absolute atomic E-state index is 12.7. The van der Waals surface area contributed by atoms with Crippen molar-refractivity contribution in [3.8, 4) is 5.75 Å². The van der Waals surface area contributed by atoms with Gasteiger partial charge in [0.25, 0.3) is 20.2 Å². The summed E-state index contributed by atoms with van der Waals surface area (Å²) in [6, 6.07) is 6.58. The minimum atomic E-state index is -3.68. The summed E-state index contributed by atoms with van der Waals surface area (Å²) in [7, 11) is -5.81. The van der Waals surface area contributed by atoms with Crippen molar-refractivity contribution in [2.75, 3.05) is 32.8 Å². The van der Waals surface area contributed by atoms with Crippen LogP contribution in [0.2, 0.25) is 0 Å². The van der Waals surface area contributed by atoms with Crippen molar-refractivity contribution in [3.05, 3.63) is 29.8 Å². The Morgan fingerprint density at radius 2 is 1.56 bits per heavy atom. The number of methoxy groups -OCH3 is 1. The largest absolute Gasteiger partial charge is 0.497 e. The molecular formula is C16H23NO8S2. The van der Waals surface area contributed by atoms with E-state index in [1.54, 1.807) is 31.4 Å². The van der Waals surface area contributed by atoms with Gasteiger partial charge in [-0.15, -0.1) is 0 Å². The summed E-state index contributed by atoms with van der Waals surface area (Å²) >= 11 is 0. The summed E-state index contributed by atoms with van der Waals surface area (Å²) in [6.45, 7) is -0.252. The molecule has 0 spiro atoms. The number of likely N-dealkylation sites (tertiary alicyclic amines) is 1. The predicted octanol–water partition coefficient (Wildman–Crippen LogP) is 0.365. The summed E-state index contributed by atoms with van der Waals surface area (Å²) in [5.41, 5.74) is 0.818. The van der Waals surface area contributed by atoms with E-state index in [2.05, 4.69) is 0 Å². The molecule has 152 valence electrons. The Morgan fingerprint density at radius 3 is 2.07 bits per heavy atom.